The van der Waals surface area contributed by atoms with Crippen molar-refractivity contribution in [2.75, 3.05) is 0 Å². The Labute approximate surface area is 242 Å². The topological polar surface area (TPSA) is 0 Å². The first kappa shape index (κ1) is 34.2. The number of allylic oxidation sites excluding steroid dienone is 4. The van der Waals surface area contributed by atoms with Crippen LogP contribution in [0.3, 0.4) is 0 Å². The zero-order valence-corrected chi connectivity index (χ0v) is 27.4. The molecule has 0 N–H and O–H groups in total. The van der Waals surface area contributed by atoms with Crippen LogP contribution in [-0.2, 0) is 23.3 Å². The van der Waals surface area contributed by atoms with Gasteiger partial charge in [0.2, 0.25) is 0 Å². The second-order valence-electron chi connectivity index (χ2n) is 8.86. The molecular formula is C31H40Cl2SiZr-2. The van der Waals surface area contributed by atoms with Gasteiger partial charge in [-0.15, -0.1) is 34.5 Å². The molecule has 4 heteroatoms. The Bertz CT molecular complexity index is 1110. The Morgan fingerprint density at radius 3 is 2.03 bits per heavy atom. The van der Waals surface area contributed by atoms with Gasteiger partial charge in [-0.25, -0.2) is 5.57 Å². The minimum absolute atomic E-state index is 0. The fraction of sp³-hybridized carbons (Fsp3) is 0.387. The summed E-state index contributed by atoms with van der Waals surface area (Å²) in [6, 6.07) is 21.6. The molecule has 0 aromatic heterocycles. The van der Waals surface area contributed by atoms with Crippen molar-refractivity contribution in [3.63, 3.8) is 0 Å². The van der Waals surface area contributed by atoms with Gasteiger partial charge in [0.1, 0.15) is 0 Å². The van der Waals surface area contributed by atoms with Gasteiger partial charge in [0.25, 0.3) is 0 Å². The predicted octanol–water partition coefficient (Wildman–Crippen LogP) is 3.61. The first-order chi connectivity index (χ1) is 15.9. The van der Waals surface area contributed by atoms with Crippen LogP contribution in [0.4, 0.5) is 0 Å². The second kappa shape index (κ2) is 17.6. The molecule has 4 rings (SSSR count). The number of aryl methyl sites for hydroxylation is 1. The van der Waals surface area contributed by atoms with Crippen LogP contribution < -0.4 is 24.8 Å². The van der Waals surface area contributed by atoms with Gasteiger partial charge in [0.15, 0.2) is 0 Å². The Kier molecular flexibility index (Phi) is 17.2. The molecule has 0 saturated carbocycles. The molecule has 1 aliphatic rings. The summed E-state index contributed by atoms with van der Waals surface area (Å²) in [5.74, 6) is 0.634. The number of benzene rings is 2. The maximum Gasteiger partial charge on any atom is -0.0279 e. The molecule has 3 aromatic rings. The zero-order chi connectivity index (χ0) is 24.4. The van der Waals surface area contributed by atoms with Crippen molar-refractivity contribution in [3.8, 4) is 11.1 Å². The van der Waals surface area contributed by atoms with E-state index in [0.717, 1.165) is 6.42 Å². The molecule has 1 aliphatic carbocycles. The number of hydrogen-bond donors (Lipinski definition) is 0. The SMILES string of the molecule is CCC1=[C-]C(CC)C(CC)=C1CC.C[Si](C)=[Zr+2].Cc1cc2c(-c3ccccc3)cccc2[cH-]1.[Cl-].[Cl-]. The normalized spacial score (nSPS) is 14.1. The average molecular weight is 603 g/mol. The summed E-state index contributed by atoms with van der Waals surface area (Å²) >= 11 is 1.74. The van der Waals surface area contributed by atoms with E-state index in [2.05, 4.69) is 114 Å². The van der Waals surface area contributed by atoms with Gasteiger partial charge in [0, 0.05) is 0 Å². The van der Waals surface area contributed by atoms with E-state index in [1.165, 1.54) is 52.3 Å². The van der Waals surface area contributed by atoms with Crippen molar-refractivity contribution >= 4 is 16.2 Å². The van der Waals surface area contributed by atoms with Crippen molar-refractivity contribution in [1.82, 2.24) is 0 Å². The van der Waals surface area contributed by atoms with Gasteiger partial charge >= 0.3 is 41.9 Å². The molecule has 35 heavy (non-hydrogen) atoms. The van der Waals surface area contributed by atoms with E-state index in [1.807, 2.05) is 0 Å². The summed E-state index contributed by atoms with van der Waals surface area (Å²) in [5.41, 5.74) is 8.91. The van der Waals surface area contributed by atoms with Gasteiger partial charge in [0.05, 0.1) is 0 Å². The van der Waals surface area contributed by atoms with Crippen molar-refractivity contribution in [2.45, 2.75) is 73.4 Å². The Hall–Kier alpha value is -0.790. The zero-order valence-electron chi connectivity index (χ0n) is 22.4. The quantitative estimate of drug-likeness (QED) is 0.309. The van der Waals surface area contributed by atoms with E-state index in [0.29, 0.717) is 5.92 Å². The van der Waals surface area contributed by atoms with E-state index in [4.69, 9.17) is 0 Å². The molecule has 1 atom stereocenters. The first-order valence-electron chi connectivity index (χ1n) is 12.4. The summed E-state index contributed by atoms with van der Waals surface area (Å²) < 4.78 is 0. The summed E-state index contributed by atoms with van der Waals surface area (Å²) in [6.45, 7) is 15.8. The van der Waals surface area contributed by atoms with Crippen molar-refractivity contribution in [1.29, 1.82) is 0 Å². The molecule has 3 aromatic carbocycles. The summed E-state index contributed by atoms with van der Waals surface area (Å²) in [7, 11) is 0. The molecular weight excluding hydrogens is 563 g/mol. The van der Waals surface area contributed by atoms with Gasteiger partial charge < -0.3 is 24.8 Å². The fourth-order valence-corrected chi connectivity index (χ4v) is 4.61. The first-order valence-corrected chi connectivity index (χ1v) is 18.6. The Morgan fingerprint density at radius 1 is 0.886 bits per heavy atom. The van der Waals surface area contributed by atoms with Crippen LogP contribution in [0.2, 0.25) is 13.1 Å². The third-order valence-corrected chi connectivity index (χ3v) is 6.00. The second-order valence-corrected chi connectivity index (χ2v) is 18.2. The van der Waals surface area contributed by atoms with E-state index in [9.17, 15) is 0 Å². The molecule has 0 bridgehead atoms. The van der Waals surface area contributed by atoms with Crippen molar-refractivity contribution in [2.24, 2.45) is 5.92 Å². The standard InChI is InChI=1S/C16H13.C13H21.C2H6Si.2ClH.Zr/c1-12-10-14-8-5-9-15(16(14)11-12)13-6-3-2-4-7-13;1-5-10-9-11(6-2)13(8-4)12(10)7-3;1-3-2;;;/h2-11H,1H3;10H,5-8H2,1-4H3;1-2H3;2*1H;/q2*-1;;;;+2/p-2. The van der Waals surface area contributed by atoms with Crippen LogP contribution >= 0.6 is 0 Å². The van der Waals surface area contributed by atoms with Gasteiger partial charge in [-0.3, -0.25) is 6.08 Å². The minimum Gasteiger partial charge on any atom is -1.00 e. The molecule has 1 unspecified atom stereocenters. The van der Waals surface area contributed by atoms with Crippen LogP contribution in [0.25, 0.3) is 21.9 Å². The van der Waals surface area contributed by atoms with Crippen molar-refractivity contribution in [3.05, 3.63) is 89.0 Å². The third-order valence-electron chi connectivity index (χ3n) is 6.00. The van der Waals surface area contributed by atoms with Gasteiger partial charge in [-0.05, 0) is 5.56 Å². The van der Waals surface area contributed by atoms with Crippen LogP contribution in [0.15, 0.2) is 77.4 Å². The molecule has 0 nitrogen and oxygen atoms in total. The maximum absolute atomic E-state index is 3.63. The largest absolute Gasteiger partial charge is 1.00 e. The number of hydrogen-bond acceptors (Lipinski definition) is 0. The van der Waals surface area contributed by atoms with Gasteiger partial charge in [-0.2, -0.15) is 17.2 Å². The molecule has 0 spiro atoms. The van der Waals surface area contributed by atoms with Gasteiger partial charge in [-0.1, -0.05) is 108 Å². The molecule has 188 valence electrons. The van der Waals surface area contributed by atoms with E-state index in [1.54, 1.807) is 34.5 Å². The molecule has 0 radical (unpaired) electrons. The summed E-state index contributed by atoms with van der Waals surface area (Å²) in [4.78, 5) is 0. The maximum atomic E-state index is 3.63. The number of fused-ring (bicyclic) bond motifs is 1. The summed E-state index contributed by atoms with van der Waals surface area (Å²) in [5, 5.41) is 2.69. The van der Waals surface area contributed by atoms with Crippen LogP contribution in [0, 0.1) is 18.9 Å². The van der Waals surface area contributed by atoms with E-state index < -0.39 is 0 Å². The average Bonchev–Trinajstić information content (AvgIpc) is 3.37. The van der Waals surface area contributed by atoms with Crippen molar-refractivity contribution < 1.29 is 48.1 Å². The third kappa shape index (κ3) is 9.88. The molecule has 0 fully saturated rings. The Morgan fingerprint density at radius 2 is 1.51 bits per heavy atom. The summed E-state index contributed by atoms with van der Waals surface area (Å²) in [6.07, 6.45) is 8.41. The van der Waals surface area contributed by atoms with Crippen LogP contribution in [0.5, 0.6) is 0 Å². The predicted molar refractivity (Wildman–Crippen MR) is 146 cm³/mol. The van der Waals surface area contributed by atoms with Crippen LogP contribution in [0.1, 0.15) is 58.9 Å². The van der Waals surface area contributed by atoms with Crippen LogP contribution in [-0.4, -0.2) is 5.43 Å². The van der Waals surface area contributed by atoms with E-state index in [-0.39, 0.29) is 30.2 Å². The monoisotopic (exact) mass is 600 g/mol. The Balaban J connectivity index is 0.000000556. The molecule has 0 aliphatic heterocycles. The smallest absolute Gasteiger partial charge is 0.0279 e. The van der Waals surface area contributed by atoms with E-state index >= 15 is 0 Å². The molecule has 0 heterocycles. The number of halogens is 2. The molecule has 0 saturated heterocycles. The molecule has 0 amide bonds. The number of rotatable bonds is 5. The fourth-order valence-electron chi connectivity index (χ4n) is 4.61. The minimum atomic E-state index is 0.